The van der Waals surface area contributed by atoms with E-state index in [1.807, 2.05) is 0 Å². The molecule has 0 saturated heterocycles. The van der Waals surface area contributed by atoms with Crippen LogP contribution in [0.25, 0.3) is 0 Å². The van der Waals surface area contributed by atoms with Crippen molar-refractivity contribution in [2.45, 2.75) is 4.75 Å². The second-order valence-electron chi connectivity index (χ2n) is 6.07. The van der Waals surface area contributed by atoms with Gasteiger partial charge in [0.05, 0.1) is 15.1 Å². The standard InChI is InChI=1S/C19H12Cl4O5S/c20-12-8-11(6-7-14(12)24)19(29(26,27)28,10-4-2-1-3-5-10)16-13(21)9-15(25)17(22)18(16)23/h1-9,24-25H,(H,26,27,28). The van der Waals surface area contributed by atoms with Gasteiger partial charge in [-0.25, -0.2) is 0 Å². The van der Waals surface area contributed by atoms with Crippen LogP contribution in [0.2, 0.25) is 20.1 Å². The van der Waals surface area contributed by atoms with E-state index in [1.165, 1.54) is 30.3 Å². The second kappa shape index (κ2) is 7.87. The van der Waals surface area contributed by atoms with Crippen molar-refractivity contribution in [2.24, 2.45) is 0 Å². The molecule has 0 radical (unpaired) electrons. The van der Waals surface area contributed by atoms with E-state index in [0.717, 1.165) is 6.07 Å². The van der Waals surface area contributed by atoms with E-state index in [0.29, 0.717) is 0 Å². The summed E-state index contributed by atoms with van der Waals surface area (Å²) >= 11 is 24.7. The summed E-state index contributed by atoms with van der Waals surface area (Å²) in [4.78, 5) is 0. The molecule has 1 atom stereocenters. The van der Waals surface area contributed by atoms with Crippen LogP contribution < -0.4 is 0 Å². The SMILES string of the molecule is O=S(=O)(O)C(c1ccccc1)(c1ccc(O)c(Cl)c1)c1c(Cl)cc(O)c(Cl)c1Cl. The van der Waals surface area contributed by atoms with Crippen LogP contribution in [0.3, 0.4) is 0 Å². The third kappa shape index (κ3) is 3.54. The monoisotopic (exact) mass is 492 g/mol. The van der Waals surface area contributed by atoms with Crippen molar-refractivity contribution in [3.8, 4) is 11.5 Å². The highest BCUT2D eigenvalue weighted by Crippen LogP contribution is 2.52. The lowest BCUT2D eigenvalue weighted by Gasteiger charge is -2.34. The Morgan fingerprint density at radius 2 is 1.34 bits per heavy atom. The number of hydrogen-bond donors (Lipinski definition) is 3. The number of phenolic OH excluding ortho intramolecular Hbond substituents is 2. The zero-order chi connectivity index (χ0) is 21.6. The topological polar surface area (TPSA) is 94.8 Å². The highest BCUT2D eigenvalue weighted by Gasteiger charge is 2.51. The highest BCUT2D eigenvalue weighted by atomic mass is 35.5. The normalized spacial score (nSPS) is 13.8. The van der Waals surface area contributed by atoms with Crippen LogP contribution in [0, 0.1) is 0 Å². The summed E-state index contributed by atoms with van der Waals surface area (Å²) in [5.41, 5.74) is -0.256. The number of rotatable bonds is 4. The molecule has 0 fully saturated rings. The van der Waals surface area contributed by atoms with E-state index in [9.17, 15) is 23.2 Å². The number of hydrogen-bond acceptors (Lipinski definition) is 4. The Labute approximate surface area is 186 Å². The molecule has 3 aromatic carbocycles. The molecule has 3 rings (SSSR count). The predicted octanol–water partition coefficient (Wildman–Crippen LogP) is 5.89. The molecule has 152 valence electrons. The molecule has 3 N–H and O–H groups in total. The van der Waals surface area contributed by atoms with E-state index < -0.39 is 20.6 Å². The molecule has 0 saturated carbocycles. The van der Waals surface area contributed by atoms with Crippen LogP contribution in [0.15, 0.2) is 54.6 Å². The van der Waals surface area contributed by atoms with Crippen molar-refractivity contribution < 1.29 is 23.2 Å². The summed E-state index contributed by atoms with van der Waals surface area (Å²) in [7, 11) is -5.04. The van der Waals surface area contributed by atoms with Gasteiger partial charge in [0.15, 0.2) is 4.75 Å². The first kappa shape index (κ1) is 22.0. The van der Waals surface area contributed by atoms with Crippen molar-refractivity contribution in [3.05, 3.63) is 91.4 Å². The lowest BCUT2D eigenvalue weighted by molar-refractivity contribution is 0.456. The van der Waals surface area contributed by atoms with E-state index in [1.54, 1.807) is 18.2 Å². The van der Waals surface area contributed by atoms with Crippen LogP contribution in [0.4, 0.5) is 0 Å². The fraction of sp³-hybridized carbons (Fsp3) is 0.0526. The summed E-state index contributed by atoms with van der Waals surface area (Å²) in [6.07, 6.45) is 0. The highest BCUT2D eigenvalue weighted by molar-refractivity contribution is 7.87. The van der Waals surface area contributed by atoms with Gasteiger partial charge in [0.1, 0.15) is 16.5 Å². The zero-order valence-corrected chi connectivity index (χ0v) is 18.1. The fourth-order valence-corrected chi connectivity index (χ4v) is 5.68. The quantitative estimate of drug-likeness (QED) is 0.239. The lowest BCUT2D eigenvalue weighted by Crippen LogP contribution is -2.39. The Hall–Kier alpha value is -1.67. The smallest absolute Gasteiger partial charge is 0.283 e. The molecular weight excluding hydrogens is 482 g/mol. The minimum Gasteiger partial charge on any atom is -0.506 e. The summed E-state index contributed by atoms with van der Waals surface area (Å²) in [5.74, 6) is -0.764. The van der Waals surface area contributed by atoms with Crippen LogP contribution >= 0.6 is 46.4 Å². The molecule has 0 aliphatic heterocycles. The molecule has 29 heavy (non-hydrogen) atoms. The van der Waals surface area contributed by atoms with Crippen molar-refractivity contribution in [2.75, 3.05) is 0 Å². The zero-order valence-electron chi connectivity index (χ0n) is 14.3. The number of phenols is 2. The lowest BCUT2D eigenvalue weighted by atomic mass is 9.83. The molecular formula is C19H12Cl4O5S. The summed E-state index contributed by atoms with van der Waals surface area (Å²) in [6, 6.07) is 12.3. The molecule has 0 amide bonds. The first-order valence-corrected chi connectivity index (χ1v) is 10.9. The van der Waals surface area contributed by atoms with Crippen LogP contribution in [0.1, 0.15) is 16.7 Å². The molecule has 0 aliphatic carbocycles. The van der Waals surface area contributed by atoms with Crippen molar-refractivity contribution in [1.29, 1.82) is 0 Å². The van der Waals surface area contributed by atoms with Crippen molar-refractivity contribution >= 4 is 56.5 Å². The summed E-state index contributed by atoms with van der Waals surface area (Å²) in [6.45, 7) is 0. The molecule has 0 aromatic heterocycles. The average Bonchev–Trinajstić information content (AvgIpc) is 2.65. The van der Waals surface area contributed by atoms with E-state index in [2.05, 4.69) is 0 Å². The van der Waals surface area contributed by atoms with E-state index >= 15 is 0 Å². The maximum absolute atomic E-state index is 13.0. The Kier molecular flexibility index (Phi) is 5.98. The van der Waals surface area contributed by atoms with Gasteiger partial charge in [-0.3, -0.25) is 4.55 Å². The van der Waals surface area contributed by atoms with Gasteiger partial charge in [-0.05, 0) is 23.3 Å². The maximum Gasteiger partial charge on any atom is 0.283 e. The van der Waals surface area contributed by atoms with Crippen molar-refractivity contribution in [1.82, 2.24) is 0 Å². The summed E-state index contributed by atoms with van der Waals surface area (Å²) in [5, 5.41) is 18.6. The predicted molar refractivity (Wildman–Crippen MR) is 114 cm³/mol. The molecule has 10 heteroatoms. The largest absolute Gasteiger partial charge is 0.506 e. The first-order chi connectivity index (χ1) is 13.5. The molecule has 0 heterocycles. The van der Waals surface area contributed by atoms with Gasteiger partial charge in [-0.2, -0.15) is 8.42 Å². The van der Waals surface area contributed by atoms with Crippen LogP contribution in [-0.4, -0.2) is 23.2 Å². The van der Waals surface area contributed by atoms with Crippen LogP contribution in [0.5, 0.6) is 11.5 Å². The molecule has 0 aliphatic rings. The molecule has 1 unspecified atom stereocenters. The molecule has 5 nitrogen and oxygen atoms in total. The molecule has 3 aromatic rings. The van der Waals surface area contributed by atoms with E-state index in [4.69, 9.17) is 46.4 Å². The Balaban J connectivity index is 2.62. The third-order valence-electron chi connectivity index (χ3n) is 4.41. The van der Waals surface area contributed by atoms with Gasteiger partial charge < -0.3 is 10.2 Å². The summed E-state index contributed by atoms with van der Waals surface area (Å²) < 4.78 is 34.1. The first-order valence-electron chi connectivity index (χ1n) is 7.90. The van der Waals surface area contributed by atoms with Gasteiger partial charge in [0, 0.05) is 11.6 Å². The fourth-order valence-electron chi connectivity index (χ4n) is 3.19. The maximum atomic E-state index is 13.0. The van der Waals surface area contributed by atoms with Gasteiger partial charge in [0.25, 0.3) is 10.1 Å². The Morgan fingerprint density at radius 1 is 0.724 bits per heavy atom. The minimum atomic E-state index is -5.04. The Bertz CT molecular complexity index is 1200. The number of halogens is 4. The molecule has 0 spiro atoms. The minimum absolute atomic E-state index is 0.0560. The van der Waals surface area contributed by atoms with Gasteiger partial charge in [-0.15, -0.1) is 0 Å². The second-order valence-corrected chi connectivity index (χ2v) is 9.20. The Morgan fingerprint density at radius 3 is 1.90 bits per heavy atom. The van der Waals surface area contributed by atoms with Crippen LogP contribution in [-0.2, 0) is 14.9 Å². The van der Waals surface area contributed by atoms with Gasteiger partial charge in [0.2, 0.25) is 0 Å². The molecule has 0 bridgehead atoms. The van der Waals surface area contributed by atoms with E-state index in [-0.39, 0.29) is 42.5 Å². The van der Waals surface area contributed by atoms with Gasteiger partial charge >= 0.3 is 0 Å². The number of benzene rings is 3. The van der Waals surface area contributed by atoms with Gasteiger partial charge in [-0.1, -0.05) is 82.8 Å². The third-order valence-corrected chi connectivity index (χ3v) is 7.32. The van der Waals surface area contributed by atoms with Crippen molar-refractivity contribution in [3.63, 3.8) is 0 Å². The average molecular weight is 494 g/mol. The number of aromatic hydroxyl groups is 2.